The van der Waals surface area contributed by atoms with E-state index < -0.39 is 23.9 Å². The van der Waals surface area contributed by atoms with Crippen LogP contribution < -0.4 is 10.6 Å². The van der Waals surface area contributed by atoms with Crippen molar-refractivity contribution in [1.29, 1.82) is 5.26 Å². The topological polar surface area (TPSA) is 127 Å². The average Bonchev–Trinajstić information content (AvgIpc) is 3.00. The van der Waals surface area contributed by atoms with E-state index >= 15 is 0 Å². The molecule has 0 spiro atoms. The monoisotopic (exact) mass is 396 g/mol. The van der Waals surface area contributed by atoms with Crippen LogP contribution >= 0.6 is 0 Å². The van der Waals surface area contributed by atoms with Crippen LogP contribution in [-0.4, -0.2) is 91.0 Å². The molecule has 3 atom stereocenters. The van der Waals surface area contributed by atoms with E-state index in [4.69, 9.17) is 14.7 Å². The molecule has 2 heterocycles. The summed E-state index contributed by atoms with van der Waals surface area (Å²) in [4.78, 5) is 14.0. The van der Waals surface area contributed by atoms with E-state index in [0.29, 0.717) is 44.7 Å². The van der Waals surface area contributed by atoms with Crippen LogP contribution in [0.15, 0.2) is 0 Å². The molecule has 4 N–H and O–H groups in total. The Bertz CT molecular complexity index is 569. The molecule has 0 aromatic rings. The van der Waals surface area contributed by atoms with E-state index in [2.05, 4.69) is 10.6 Å². The van der Waals surface area contributed by atoms with E-state index in [9.17, 15) is 15.0 Å². The van der Waals surface area contributed by atoms with E-state index in [1.54, 1.807) is 7.11 Å². The molecule has 9 nitrogen and oxygen atoms in total. The van der Waals surface area contributed by atoms with Gasteiger partial charge in [0.15, 0.2) is 5.60 Å². The highest BCUT2D eigenvalue weighted by molar-refractivity contribution is 5.67. The van der Waals surface area contributed by atoms with Gasteiger partial charge in [-0.2, -0.15) is 5.26 Å². The molecule has 3 aliphatic rings. The minimum atomic E-state index is -1.25. The Labute approximate surface area is 166 Å². The number of methoxy groups -OCH3 is 1. The minimum Gasteiger partial charge on any atom is -0.442 e. The lowest BCUT2D eigenvalue weighted by Crippen LogP contribution is -2.62. The number of carbonyl (C=O) groups is 1. The number of nitriles is 1. The SMILES string of the molecule is COC1CCC(C[C@H]2NC[C@H](O)[C@H]2OC(=O)NCCN2CC(O)(C#N)C2)CC1. The van der Waals surface area contributed by atoms with Gasteiger partial charge in [0.05, 0.1) is 6.10 Å². The summed E-state index contributed by atoms with van der Waals surface area (Å²) in [6, 6.07) is 1.83. The van der Waals surface area contributed by atoms with Crippen LogP contribution in [0.5, 0.6) is 0 Å². The van der Waals surface area contributed by atoms with E-state index in [-0.39, 0.29) is 6.04 Å². The molecule has 3 rings (SSSR count). The lowest BCUT2D eigenvalue weighted by molar-refractivity contribution is -0.0536. The number of aliphatic hydroxyl groups excluding tert-OH is 1. The molecule has 9 heteroatoms. The van der Waals surface area contributed by atoms with Crippen molar-refractivity contribution >= 4 is 6.09 Å². The second-order valence-corrected chi connectivity index (χ2v) is 8.35. The Balaban J connectivity index is 1.37. The molecule has 1 amide bonds. The first-order valence-electron chi connectivity index (χ1n) is 10.2. The molecule has 0 aromatic heterocycles. The lowest BCUT2D eigenvalue weighted by Gasteiger charge is -2.41. The summed E-state index contributed by atoms with van der Waals surface area (Å²) in [6.45, 7) is 1.91. The van der Waals surface area contributed by atoms with Crippen LogP contribution in [0, 0.1) is 17.2 Å². The smallest absolute Gasteiger partial charge is 0.407 e. The molecule has 3 fully saturated rings. The Morgan fingerprint density at radius 2 is 2.07 bits per heavy atom. The zero-order chi connectivity index (χ0) is 20.1. The molecule has 1 saturated carbocycles. The fourth-order valence-electron chi connectivity index (χ4n) is 4.52. The highest BCUT2D eigenvalue weighted by atomic mass is 16.6. The third-order valence-corrected chi connectivity index (χ3v) is 6.20. The number of aliphatic hydroxyl groups is 2. The van der Waals surface area contributed by atoms with Crippen LogP contribution in [0.1, 0.15) is 32.1 Å². The fourth-order valence-corrected chi connectivity index (χ4v) is 4.52. The number of likely N-dealkylation sites (tertiary alicyclic amines) is 1. The van der Waals surface area contributed by atoms with Crippen molar-refractivity contribution in [1.82, 2.24) is 15.5 Å². The molecular formula is C19H32N4O5. The maximum absolute atomic E-state index is 12.1. The standard InChI is InChI=1S/C19H32N4O5/c1-27-14-4-2-13(3-5-14)8-15-17(16(24)9-22-15)28-18(25)21-6-7-23-11-19(26,10-20)12-23/h13-17,22,24,26H,2-9,11-12H2,1H3,(H,21,25)/t13?,14?,15-,16+,17+/m1/s1. The van der Waals surface area contributed by atoms with Gasteiger partial charge in [0.25, 0.3) is 0 Å². The first kappa shape index (κ1) is 21.3. The molecular weight excluding hydrogens is 364 g/mol. The summed E-state index contributed by atoms with van der Waals surface area (Å²) in [5, 5.41) is 34.6. The van der Waals surface area contributed by atoms with Crippen molar-refractivity contribution in [2.45, 2.75) is 62.1 Å². The molecule has 0 radical (unpaired) electrons. The van der Waals surface area contributed by atoms with Gasteiger partial charge < -0.3 is 30.3 Å². The number of alkyl carbamates (subject to hydrolysis) is 1. The summed E-state index contributed by atoms with van der Waals surface area (Å²) < 4.78 is 10.9. The number of ether oxygens (including phenoxy) is 2. The number of carbonyl (C=O) groups excluding carboxylic acids is 1. The second-order valence-electron chi connectivity index (χ2n) is 8.35. The number of rotatable bonds is 7. The largest absolute Gasteiger partial charge is 0.442 e. The number of amides is 1. The minimum absolute atomic E-state index is 0.0362. The number of nitrogens with zero attached hydrogens (tertiary/aromatic N) is 2. The van der Waals surface area contributed by atoms with E-state index in [1.807, 2.05) is 11.0 Å². The predicted molar refractivity (Wildman–Crippen MR) is 100 cm³/mol. The van der Waals surface area contributed by atoms with Crippen LogP contribution in [0.25, 0.3) is 0 Å². The van der Waals surface area contributed by atoms with Crippen molar-refractivity contribution < 1.29 is 24.5 Å². The van der Waals surface area contributed by atoms with E-state index in [1.165, 1.54) is 0 Å². The van der Waals surface area contributed by atoms with Gasteiger partial charge in [-0.15, -0.1) is 0 Å². The normalized spacial score (nSPS) is 35.0. The second kappa shape index (κ2) is 9.37. The van der Waals surface area contributed by atoms with Gasteiger partial charge in [-0.25, -0.2) is 4.79 Å². The van der Waals surface area contributed by atoms with E-state index in [0.717, 1.165) is 32.1 Å². The molecule has 158 valence electrons. The third-order valence-electron chi connectivity index (χ3n) is 6.20. The first-order chi connectivity index (χ1) is 13.4. The van der Waals surface area contributed by atoms with Crippen LogP contribution in [0.3, 0.4) is 0 Å². The summed E-state index contributed by atoms with van der Waals surface area (Å²) >= 11 is 0. The van der Waals surface area contributed by atoms with Crippen molar-refractivity contribution in [3.05, 3.63) is 0 Å². The first-order valence-corrected chi connectivity index (χ1v) is 10.2. The number of hydrogen-bond acceptors (Lipinski definition) is 8. The van der Waals surface area contributed by atoms with Gasteiger partial charge in [0.2, 0.25) is 0 Å². The van der Waals surface area contributed by atoms with Crippen molar-refractivity contribution in [2.75, 3.05) is 39.8 Å². The zero-order valence-electron chi connectivity index (χ0n) is 16.5. The van der Waals surface area contributed by atoms with Crippen molar-refractivity contribution in [2.24, 2.45) is 5.92 Å². The van der Waals surface area contributed by atoms with Gasteiger partial charge in [0.1, 0.15) is 18.3 Å². The molecule has 0 bridgehead atoms. The quantitative estimate of drug-likeness (QED) is 0.427. The van der Waals surface area contributed by atoms with Crippen molar-refractivity contribution in [3.63, 3.8) is 0 Å². The lowest BCUT2D eigenvalue weighted by atomic mass is 9.82. The predicted octanol–water partition coefficient (Wildman–Crippen LogP) is -0.421. The van der Waals surface area contributed by atoms with Gasteiger partial charge in [0, 0.05) is 45.9 Å². The maximum atomic E-state index is 12.1. The number of β-amino-alcohol motifs (C(OH)–C–C–N with tert-alkyl or cyclic N) is 2. The van der Waals surface area contributed by atoms with Gasteiger partial charge in [-0.1, -0.05) is 0 Å². The van der Waals surface area contributed by atoms with Crippen molar-refractivity contribution in [3.8, 4) is 6.07 Å². The molecule has 28 heavy (non-hydrogen) atoms. The molecule has 2 saturated heterocycles. The molecule has 2 aliphatic heterocycles. The van der Waals surface area contributed by atoms with Crippen LogP contribution in [-0.2, 0) is 9.47 Å². The third kappa shape index (κ3) is 5.33. The molecule has 1 aliphatic carbocycles. The summed E-state index contributed by atoms with van der Waals surface area (Å²) in [6.07, 6.45) is 3.74. The Morgan fingerprint density at radius 3 is 2.71 bits per heavy atom. The van der Waals surface area contributed by atoms with Gasteiger partial charge in [-0.3, -0.25) is 4.90 Å². The fraction of sp³-hybridized carbons (Fsp3) is 0.895. The highest BCUT2D eigenvalue weighted by Gasteiger charge is 2.41. The van der Waals surface area contributed by atoms with Gasteiger partial charge >= 0.3 is 6.09 Å². The Kier molecular flexibility index (Phi) is 7.12. The molecule has 0 aromatic carbocycles. The van der Waals surface area contributed by atoms with Gasteiger partial charge in [-0.05, 0) is 38.0 Å². The number of hydrogen-bond donors (Lipinski definition) is 4. The Morgan fingerprint density at radius 1 is 1.36 bits per heavy atom. The summed E-state index contributed by atoms with van der Waals surface area (Å²) in [7, 11) is 1.76. The summed E-state index contributed by atoms with van der Waals surface area (Å²) in [5.41, 5.74) is -1.25. The van der Waals surface area contributed by atoms with Crippen LogP contribution in [0.2, 0.25) is 0 Å². The zero-order valence-corrected chi connectivity index (χ0v) is 16.5. The molecule has 0 unspecified atom stereocenters. The maximum Gasteiger partial charge on any atom is 0.407 e. The van der Waals surface area contributed by atoms with Crippen LogP contribution in [0.4, 0.5) is 4.79 Å². The summed E-state index contributed by atoms with van der Waals surface area (Å²) in [5.74, 6) is 0.550. The Hall–Kier alpha value is -1.44. The number of nitrogens with one attached hydrogen (secondary N) is 2. The highest BCUT2D eigenvalue weighted by Crippen LogP contribution is 2.31. The average molecular weight is 396 g/mol.